The fourth-order valence-corrected chi connectivity index (χ4v) is 1.86. The van der Waals surface area contributed by atoms with Gasteiger partial charge in [-0.3, -0.25) is 4.79 Å². The third-order valence-electron chi connectivity index (χ3n) is 2.66. The molecule has 14 heavy (non-hydrogen) atoms. The van der Waals surface area contributed by atoms with E-state index in [-0.39, 0.29) is 18.1 Å². The molecule has 0 bridgehead atoms. The number of hydrogen-bond donors (Lipinski definition) is 2. The highest BCUT2D eigenvalue weighted by molar-refractivity contribution is 5.67. The molecule has 1 aromatic carbocycles. The van der Waals surface area contributed by atoms with Gasteiger partial charge in [0.1, 0.15) is 5.75 Å². The molecule has 3 heteroatoms. The highest BCUT2D eigenvalue weighted by Crippen LogP contribution is 2.49. The van der Waals surface area contributed by atoms with E-state index in [2.05, 4.69) is 0 Å². The standard InChI is InChI=1S/C11H12O3/c12-9-3-1-2-7(4-9)10-5-8(10)6-11(13)14/h1-4,8,10,12H,5-6H2,(H,13,14). The van der Waals surface area contributed by atoms with Gasteiger partial charge in [0.25, 0.3) is 0 Å². The van der Waals surface area contributed by atoms with E-state index in [1.807, 2.05) is 6.07 Å². The number of aliphatic carboxylic acids is 1. The largest absolute Gasteiger partial charge is 0.508 e. The predicted octanol–water partition coefficient (Wildman–Crippen LogP) is 1.97. The summed E-state index contributed by atoms with van der Waals surface area (Å²) in [4.78, 5) is 10.4. The summed E-state index contributed by atoms with van der Waals surface area (Å²) in [6, 6.07) is 7.07. The van der Waals surface area contributed by atoms with Gasteiger partial charge in [0.15, 0.2) is 0 Å². The maximum atomic E-state index is 10.4. The van der Waals surface area contributed by atoms with Gasteiger partial charge in [0.05, 0.1) is 0 Å². The molecule has 74 valence electrons. The maximum absolute atomic E-state index is 10.4. The van der Waals surface area contributed by atoms with Crippen molar-refractivity contribution in [1.29, 1.82) is 0 Å². The van der Waals surface area contributed by atoms with Crippen LogP contribution in [0.3, 0.4) is 0 Å². The van der Waals surface area contributed by atoms with Gasteiger partial charge in [-0.2, -0.15) is 0 Å². The smallest absolute Gasteiger partial charge is 0.303 e. The van der Waals surface area contributed by atoms with Crippen LogP contribution < -0.4 is 0 Å². The number of carboxylic acid groups (broad SMARTS) is 1. The Bertz CT molecular complexity index is 359. The number of benzene rings is 1. The third-order valence-corrected chi connectivity index (χ3v) is 2.66. The Hall–Kier alpha value is -1.51. The number of rotatable bonds is 3. The van der Waals surface area contributed by atoms with Crippen molar-refractivity contribution in [3.05, 3.63) is 29.8 Å². The van der Waals surface area contributed by atoms with Crippen LogP contribution in [-0.2, 0) is 4.79 Å². The lowest BCUT2D eigenvalue weighted by Gasteiger charge is -1.99. The van der Waals surface area contributed by atoms with Crippen LogP contribution in [0, 0.1) is 5.92 Å². The van der Waals surface area contributed by atoms with E-state index in [0.717, 1.165) is 12.0 Å². The fourth-order valence-electron chi connectivity index (χ4n) is 1.86. The van der Waals surface area contributed by atoms with Crippen molar-refractivity contribution < 1.29 is 15.0 Å². The Balaban J connectivity index is 2.02. The third kappa shape index (κ3) is 1.87. The molecule has 2 rings (SSSR count). The van der Waals surface area contributed by atoms with Gasteiger partial charge in [0.2, 0.25) is 0 Å². The molecule has 2 N–H and O–H groups in total. The van der Waals surface area contributed by atoms with Crippen molar-refractivity contribution in [3.63, 3.8) is 0 Å². The van der Waals surface area contributed by atoms with Crippen LogP contribution in [0.5, 0.6) is 5.75 Å². The average Bonchev–Trinajstić information content (AvgIpc) is 2.82. The Labute approximate surface area is 82.0 Å². The summed E-state index contributed by atoms with van der Waals surface area (Å²) >= 11 is 0. The number of phenolic OH excluding ortho intramolecular Hbond substituents is 1. The zero-order valence-electron chi connectivity index (χ0n) is 7.68. The lowest BCUT2D eigenvalue weighted by Crippen LogP contribution is -1.96. The normalized spacial score (nSPS) is 24.6. The predicted molar refractivity (Wildman–Crippen MR) is 51.2 cm³/mol. The molecule has 0 heterocycles. The van der Waals surface area contributed by atoms with E-state index in [4.69, 9.17) is 5.11 Å². The Kier molecular flexibility index (Phi) is 2.15. The second-order valence-corrected chi connectivity index (χ2v) is 3.80. The van der Waals surface area contributed by atoms with Crippen molar-refractivity contribution in [2.45, 2.75) is 18.8 Å². The number of carboxylic acids is 1. The molecule has 0 aromatic heterocycles. The summed E-state index contributed by atoms with van der Waals surface area (Å²) in [6.07, 6.45) is 1.16. The van der Waals surface area contributed by atoms with Crippen molar-refractivity contribution in [2.24, 2.45) is 5.92 Å². The summed E-state index contributed by atoms with van der Waals surface area (Å²) in [5, 5.41) is 17.8. The lowest BCUT2D eigenvalue weighted by atomic mass is 10.1. The molecule has 0 aliphatic heterocycles. The minimum absolute atomic E-state index is 0.236. The number of carbonyl (C=O) groups is 1. The second-order valence-electron chi connectivity index (χ2n) is 3.80. The summed E-state index contributed by atoms with van der Waals surface area (Å²) < 4.78 is 0. The average molecular weight is 192 g/mol. The number of hydrogen-bond acceptors (Lipinski definition) is 2. The molecule has 1 aliphatic carbocycles. The molecule has 1 fully saturated rings. The van der Waals surface area contributed by atoms with Gasteiger partial charge in [-0.15, -0.1) is 0 Å². The van der Waals surface area contributed by atoms with Crippen LogP contribution in [0.4, 0.5) is 0 Å². The Morgan fingerprint density at radius 3 is 2.93 bits per heavy atom. The fraction of sp³-hybridized carbons (Fsp3) is 0.364. The van der Waals surface area contributed by atoms with Gasteiger partial charge in [-0.25, -0.2) is 0 Å². The lowest BCUT2D eigenvalue weighted by molar-refractivity contribution is -0.137. The van der Waals surface area contributed by atoms with Crippen LogP contribution in [0.15, 0.2) is 24.3 Å². The summed E-state index contributed by atoms with van der Waals surface area (Å²) in [7, 11) is 0. The van der Waals surface area contributed by atoms with E-state index in [1.54, 1.807) is 18.2 Å². The molecule has 0 spiro atoms. The van der Waals surface area contributed by atoms with Gasteiger partial charge < -0.3 is 10.2 Å². The molecule has 1 aliphatic rings. The summed E-state index contributed by atoms with van der Waals surface area (Å²) in [5.41, 5.74) is 1.05. The molecule has 0 saturated heterocycles. The molecule has 2 unspecified atom stereocenters. The molecule has 1 saturated carbocycles. The zero-order valence-corrected chi connectivity index (χ0v) is 7.68. The van der Waals surface area contributed by atoms with Gasteiger partial charge >= 0.3 is 5.97 Å². The first-order chi connectivity index (χ1) is 6.66. The van der Waals surface area contributed by atoms with Gasteiger partial charge in [0, 0.05) is 6.42 Å². The SMILES string of the molecule is O=C(O)CC1CC1c1cccc(O)c1. The van der Waals surface area contributed by atoms with E-state index in [0.29, 0.717) is 5.92 Å². The molecular formula is C11H12O3. The first kappa shape index (κ1) is 9.06. The summed E-state index contributed by atoms with van der Waals surface area (Å²) in [5.74, 6) is 0.105. The Morgan fingerprint density at radius 2 is 2.29 bits per heavy atom. The van der Waals surface area contributed by atoms with Gasteiger partial charge in [-0.05, 0) is 36.0 Å². The first-order valence-electron chi connectivity index (χ1n) is 4.67. The van der Waals surface area contributed by atoms with Gasteiger partial charge in [-0.1, -0.05) is 12.1 Å². The minimum Gasteiger partial charge on any atom is -0.508 e. The van der Waals surface area contributed by atoms with Crippen LogP contribution in [-0.4, -0.2) is 16.2 Å². The Morgan fingerprint density at radius 1 is 1.50 bits per heavy atom. The van der Waals surface area contributed by atoms with E-state index >= 15 is 0 Å². The molecule has 0 amide bonds. The van der Waals surface area contributed by atoms with E-state index in [1.165, 1.54) is 0 Å². The van der Waals surface area contributed by atoms with Crippen LogP contribution >= 0.6 is 0 Å². The monoisotopic (exact) mass is 192 g/mol. The second kappa shape index (κ2) is 3.33. The van der Waals surface area contributed by atoms with Crippen molar-refractivity contribution >= 4 is 5.97 Å². The van der Waals surface area contributed by atoms with Crippen LogP contribution in [0.2, 0.25) is 0 Å². The molecular weight excluding hydrogens is 180 g/mol. The highest BCUT2D eigenvalue weighted by Gasteiger charge is 2.39. The first-order valence-corrected chi connectivity index (χ1v) is 4.67. The number of phenols is 1. The molecule has 2 atom stereocenters. The van der Waals surface area contributed by atoms with Crippen LogP contribution in [0.25, 0.3) is 0 Å². The maximum Gasteiger partial charge on any atom is 0.303 e. The molecule has 1 aromatic rings. The van der Waals surface area contributed by atoms with E-state index < -0.39 is 5.97 Å². The zero-order chi connectivity index (χ0) is 10.1. The van der Waals surface area contributed by atoms with E-state index in [9.17, 15) is 9.90 Å². The molecule has 0 radical (unpaired) electrons. The topological polar surface area (TPSA) is 57.5 Å². The van der Waals surface area contributed by atoms with Crippen molar-refractivity contribution in [2.75, 3.05) is 0 Å². The summed E-state index contributed by atoms with van der Waals surface area (Å²) in [6.45, 7) is 0. The highest BCUT2D eigenvalue weighted by atomic mass is 16.4. The number of aromatic hydroxyl groups is 1. The quantitative estimate of drug-likeness (QED) is 0.769. The van der Waals surface area contributed by atoms with Crippen molar-refractivity contribution in [3.8, 4) is 5.75 Å². The van der Waals surface area contributed by atoms with Crippen LogP contribution in [0.1, 0.15) is 24.3 Å². The van der Waals surface area contributed by atoms with Crippen molar-refractivity contribution in [1.82, 2.24) is 0 Å². The minimum atomic E-state index is -0.738. The molecule has 3 nitrogen and oxygen atoms in total.